The van der Waals surface area contributed by atoms with E-state index in [1.165, 1.54) is 0 Å². The number of fused-ring (bicyclic) bond motifs is 1. The molecule has 3 rings (SSSR count). The Morgan fingerprint density at radius 3 is 1.94 bits per heavy atom. The predicted octanol–water partition coefficient (Wildman–Crippen LogP) is 9.00. The summed E-state index contributed by atoms with van der Waals surface area (Å²) in [7, 11) is 1.58. The van der Waals surface area contributed by atoms with Crippen molar-refractivity contribution in [3.63, 3.8) is 0 Å². The molecule has 0 aliphatic heterocycles. The number of aromatic nitrogens is 1. The maximum absolute atomic E-state index is 13.5. The second-order valence-electron chi connectivity index (χ2n) is 11.6. The van der Waals surface area contributed by atoms with Crippen LogP contribution in [0.5, 0.6) is 5.75 Å². The number of hydrogen-bond donors (Lipinski definition) is 2. The zero-order chi connectivity index (χ0) is 35.3. The van der Waals surface area contributed by atoms with Gasteiger partial charge in [-0.1, -0.05) is 79.3 Å². The minimum atomic E-state index is -0.208. The second kappa shape index (κ2) is 22.1. The number of hydrogen-bond acceptors (Lipinski definition) is 4. The first-order valence-electron chi connectivity index (χ1n) is 17.1. The number of halogens is 1. The number of carbonyl (C=O) groups is 3. The predicted molar refractivity (Wildman–Crippen MR) is 202 cm³/mol. The van der Waals surface area contributed by atoms with Crippen molar-refractivity contribution in [1.29, 1.82) is 0 Å². The summed E-state index contributed by atoms with van der Waals surface area (Å²) >= 11 is 6.02. The first-order chi connectivity index (χ1) is 23.8. The summed E-state index contributed by atoms with van der Waals surface area (Å²) in [6, 6.07) is 12.2. The largest absolute Gasteiger partial charge is 0.497 e. The van der Waals surface area contributed by atoms with Gasteiger partial charge in [0.05, 0.1) is 19.0 Å². The van der Waals surface area contributed by atoms with E-state index in [9.17, 15) is 14.4 Å². The normalized spacial score (nSPS) is 12.0. The van der Waals surface area contributed by atoms with Crippen molar-refractivity contribution in [2.45, 2.75) is 71.6 Å². The number of benzene rings is 2. The topological polar surface area (TPSA) is 89.4 Å². The summed E-state index contributed by atoms with van der Waals surface area (Å²) in [5.41, 5.74) is 2.61. The molecule has 1 aromatic heterocycles. The molecule has 8 heteroatoms. The Bertz CT molecular complexity index is 1660. The van der Waals surface area contributed by atoms with Crippen LogP contribution < -0.4 is 15.4 Å². The highest BCUT2D eigenvalue weighted by molar-refractivity contribution is 6.30. The molecule has 3 aromatic rings. The molecule has 0 aliphatic rings. The molecule has 2 N–H and O–H groups in total. The van der Waals surface area contributed by atoms with Crippen LogP contribution in [0.2, 0.25) is 5.02 Å². The highest BCUT2D eigenvalue weighted by Crippen LogP contribution is 2.31. The number of nitrogens with zero attached hydrogens (tertiary/aromatic N) is 1. The molecule has 7 nitrogen and oxygen atoms in total. The van der Waals surface area contributed by atoms with Gasteiger partial charge in [0.25, 0.3) is 5.91 Å². The number of allylic oxidation sites excluding steroid dienone is 10. The Morgan fingerprint density at radius 2 is 1.35 bits per heavy atom. The first-order valence-corrected chi connectivity index (χ1v) is 17.5. The molecule has 2 aromatic carbocycles. The number of ether oxygens (including phenoxy) is 1. The van der Waals surface area contributed by atoms with Gasteiger partial charge in [0, 0.05) is 41.2 Å². The molecule has 1 heterocycles. The van der Waals surface area contributed by atoms with Crippen LogP contribution in [-0.4, -0.2) is 42.5 Å². The van der Waals surface area contributed by atoms with E-state index >= 15 is 0 Å². The molecule has 0 atom stereocenters. The molecular weight excluding hydrogens is 634 g/mol. The van der Waals surface area contributed by atoms with Crippen LogP contribution in [0.4, 0.5) is 0 Å². The minimum Gasteiger partial charge on any atom is -0.497 e. The lowest BCUT2D eigenvalue weighted by Gasteiger charge is -2.09. The van der Waals surface area contributed by atoms with Crippen molar-refractivity contribution in [3.8, 4) is 5.75 Å². The second-order valence-corrected chi connectivity index (χ2v) is 12.0. The highest BCUT2D eigenvalue weighted by atomic mass is 35.5. The molecule has 0 fully saturated rings. The molecule has 0 unspecified atom stereocenters. The van der Waals surface area contributed by atoms with Crippen LogP contribution in [0.1, 0.15) is 79.9 Å². The Kier molecular flexibility index (Phi) is 17.5. The van der Waals surface area contributed by atoms with Crippen molar-refractivity contribution in [1.82, 2.24) is 15.2 Å². The van der Waals surface area contributed by atoms with E-state index in [1.54, 1.807) is 42.0 Å². The number of nitrogens with one attached hydrogen (secondary N) is 2. The number of methoxy groups -OCH3 is 1. The summed E-state index contributed by atoms with van der Waals surface area (Å²) in [5.74, 6) is 0.194. The van der Waals surface area contributed by atoms with Gasteiger partial charge < -0.3 is 15.4 Å². The molecule has 2 amide bonds. The molecule has 260 valence electrons. The SMILES string of the molecule is CC/C=C\C/C=C\C/C=C\C/C=C\C/C=C\CCCC(=O)NCCNC(=O)Cc1c(C)n(C(=O)c2ccc(Cl)cc2)c2ccc(OC)cc12. The maximum atomic E-state index is 13.5. The summed E-state index contributed by atoms with van der Waals surface area (Å²) in [5, 5.41) is 7.08. The Labute approximate surface area is 296 Å². The highest BCUT2D eigenvalue weighted by Gasteiger charge is 2.22. The van der Waals surface area contributed by atoms with E-state index in [1.807, 2.05) is 19.1 Å². The maximum Gasteiger partial charge on any atom is 0.262 e. The van der Waals surface area contributed by atoms with Crippen LogP contribution in [0.15, 0.2) is 103 Å². The molecule has 0 saturated carbocycles. The quantitative estimate of drug-likeness (QED) is 0.0919. The van der Waals surface area contributed by atoms with Crippen LogP contribution in [0.3, 0.4) is 0 Å². The third-order valence-electron chi connectivity index (χ3n) is 7.88. The molecule has 0 saturated heterocycles. The Balaban J connectivity index is 1.35. The van der Waals surface area contributed by atoms with Gasteiger partial charge in [0.2, 0.25) is 11.8 Å². The van der Waals surface area contributed by atoms with Gasteiger partial charge in [-0.2, -0.15) is 0 Å². The van der Waals surface area contributed by atoms with Crippen molar-refractivity contribution >= 4 is 40.2 Å². The third-order valence-corrected chi connectivity index (χ3v) is 8.13. The monoisotopic (exact) mass is 683 g/mol. The average Bonchev–Trinajstić information content (AvgIpc) is 3.37. The van der Waals surface area contributed by atoms with Gasteiger partial charge in [-0.15, -0.1) is 0 Å². The molecule has 0 radical (unpaired) electrons. The van der Waals surface area contributed by atoms with Gasteiger partial charge in [-0.25, -0.2) is 0 Å². The zero-order valence-corrected chi connectivity index (χ0v) is 29.8. The Morgan fingerprint density at radius 1 is 0.776 bits per heavy atom. The lowest BCUT2D eigenvalue weighted by Crippen LogP contribution is -2.35. The van der Waals surface area contributed by atoms with Crippen LogP contribution in [0.25, 0.3) is 10.9 Å². The van der Waals surface area contributed by atoms with Gasteiger partial charge >= 0.3 is 0 Å². The van der Waals surface area contributed by atoms with E-state index < -0.39 is 0 Å². The number of carbonyl (C=O) groups excluding carboxylic acids is 3. The molecule has 0 aliphatic carbocycles. The fourth-order valence-electron chi connectivity index (χ4n) is 5.26. The Hall–Kier alpha value is -4.62. The molecule has 0 bridgehead atoms. The van der Waals surface area contributed by atoms with E-state index in [2.05, 4.69) is 78.3 Å². The van der Waals surface area contributed by atoms with E-state index in [0.717, 1.165) is 55.9 Å². The summed E-state index contributed by atoms with van der Waals surface area (Å²) in [6.45, 7) is 4.63. The average molecular weight is 684 g/mol. The summed E-state index contributed by atoms with van der Waals surface area (Å²) in [4.78, 5) is 38.7. The first kappa shape index (κ1) is 38.8. The van der Waals surface area contributed by atoms with Crippen molar-refractivity contribution in [3.05, 3.63) is 125 Å². The minimum absolute atomic E-state index is 0.0340. The van der Waals surface area contributed by atoms with Gasteiger partial charge in [0.1, 0.15) is 5.75 Å². The third kappa shape index (κ3) is 13.4. The van der Waals surface area contributed by atoms with Crippen LogP contribution in [-0.2, 0) is 16.0 Å². The summed E-state index contributed by atoms with van der Waals surface area (Å²) in [6.07, 6.45) is 28.7. The van der Waals surface area contributed by atoms with Gasteiger partial charge in [-0.3, -0.25) is 19.0 Å². The lowest BCUT2D eigenvalue weighted by atomic mass is 10.1. The van der Waals surface area contributed by atoms with E-state index in [-0.39, 0.29) is 24.1 Å². The van der Waals surface area contributed by atoms with Crippen molar-refractivity contribution in [2.75, 3.05) is 20.2 Å². The fourth-order valence-corrected chi connectivity index (χ4v) is 5.39. The van der Waals surface area contributed by atoms with Crippen molar-refractivity contribution in [2.24, 2.45) is 0 Å². The zero-order valence-electron chi connectivity index (χ0n) is 29.1. The van der Waals surface area contributed by atoms with Gasteiger partial charge in [-0.05, 0) is 99.9 Å². The van der Waals surface area contributed by atoms with Crippen LogP contribution in [0, 0.1) is 6.92 Å². The van der Waals surface area contributed by atoms with Crippen LogP contribution >= 0.6 is 11.6 Å². The van der Waals surface area contributed by atoms with Crippen molar-refractivity contribution < 1.29 is 19.1 Å². The number of rotatable bonds is 20. The fraction of sp³-hybridized carbons (Fsp3) is 0.341. The van der Waals surface area contributed by atoms with E-state index in [4.69, 9.17) is 16.3 Å². The molecule has 0 spiro atoms. The molecular formula is C41H50ClN3O4. The van der Waals surface area contributed by atoms with Gasteiger partial charge in [0.15, 0.2) is 0 Å². The molecule has 49 heavy (non-hydrogen) atoms. The van der Waals surface area contributed by atoms with E-state index in [0.29, 0.717) is 47.1 Å². The standard InChI is InChI=1S/C41H50ClN3O4/c1-4-5-6-7-8-9-10-11-12-13-14-15-16-17-18-19-20-21-39(46)43-28-29-44-40(47)31-36-32(2)45(38-27-26-35(49-3)30-37(36)38)41(48)33-22-24-34(42)25-23-33/h5-6,8-9,11-12,14-15,17-18,22-27,30H,4,7,10,13,16,19-21,28-29,31H2,1-3H3,(H,43,46)(H,44,47)/b6-5-,9-8-,12-11-,15-14-,18-17-. The summed E-state index contributed by atoms with van der Waals surface area (Å²) < 4.78 is 7.04. The smallest absolute Gasteiger partial charge is 0.262 e. The number of amides is 2. The lowest BCUT2D eigenvalue weighted by molar-refractivity contribution is -0.122. The number of unbranched alkanes of at least 4 members (excludes halogenated alkanes) is 1.